The van der Waals surface area contributed by atoms with Crippen LogP contribution in [-0.2, 0) is 4.79 Å². The lowest BCUT2D eigenvalue weighted by atomic mass is 9.88. The van der Waals surface area contributed by atoms with Crippen LogP contribution in [0, 0.1) is 0 Å². The molecule has 0 spiro atoms. The highest BCUT2D eigenvalue weighted by atomic mass is 16.1. The van der Waals surface area contributed by atoms with Gasteiger partial charge in [0.25, 0.3) is 0 Å². The van der Waals surface area contributed by atoms with Crippen LogP contribution in [-0.4, -0.2) is 43.0 Å². The number of nitrogens with zero attached hydrogens (tertiary/aromatic N) is 1. The van der Waals surface area contributed by atoms with Gasteiger partial charge in [-0.05, 0) is 19.4 Å². The molecule has 1 rings (SSSR count). The second-order valence-corrected chi connectivity index (χ2v) is 5.03. The molecule has 17 heavy (non-hydrogen) atoms. The molecule has 0 unspecified atom stereocenters. The fourth-order valence-electron chi connectivity index (χ4n) is 2.90. The third-order valence-electron chi connectivity index (χ3n) is 4.08. The van der Waals surface area contributed by atoms with Crippen molar-refractivity contribution in [3.8, 4) is 0 Å². The molecule has 0 aliphatic heterocycles. The van der Waals surface area contributed by atoms with Gasteiger partial charge in [-0.25, -0.2) is 0 Å². The number of nitrogens with one attached hydrogen (secondary N) is 1. The monoisotopic (exact) mass is 241 g/mol. The van der Waals surface area contributed by atoms with Crippen LogP contribution in [0.3, 0.4) is 0 Å². The van der Waals surface area contributed by atoms with Crippen LogP contribution >= 0.6 is 0 Å². The van der Waals surface area contributed by atoms with Gasteiger partial charge >= 0.3 is 0 Å². The van der Waals surface area contributed by atoms with E-state index in [0.717, 1.165) is 19.4 Å². The van der Waals surface area contributed by atoms with Crippen LogP contribution in [0.15, 0.2) is 0 Å². The van der Waals surface area contributed by atoms with Crippen molar-refractivity contribution in [2.24, 2.45) is 5.73 Å². The molecule has 0 aromatic heterocycles. The number of hydrogen-bond acceptors (Lipinski definition) is 3. The van der Waals surface area contributed by atoms with Gasteiger partial charge in [-0.1, -0.05) is 32.6 Å². The Labute approximate surface area is 105 Å². The van der Waals surface area contributed by atoms with Crippen LogP contribution < -0.4 is 11.1 Å². The number of carbonyl (C=O) groups is 1. The first-order chi connectivity index (χ1) is 8.18. The first-order valence-electron chi connectivity index (χ1n) is 6.84. The van der Waals surface area contributed by atoms with Gasteiger partial charge in [-0.15, -0.1) is 0 Å². The molecule has 0 radical (unpaired) electrons. The molecular formula is C13H27N3O. The van der Waals surface area contributed by atoms with Crippen molar-refractivity contribution in [3.05, 3.63) is 0 Å². The average Bonchev–Trinajstić information content (AvgIpc) is 2.61. The van der Waals surface area contributed by atoms with E-state index in [2.05, 4.69) is 17.1 Å². The predicted octanol–water partition coefficient (Wildman–Crippen LogP) is 1.11. The smallest absolute Gasteiger partial charge is 0.233 e. The molecule has 0 heterocycles. The lowest BCUT2D eigenvalue weighted by Gasteiger charge is -2.42. The Balaban J connectivity index is 2.75. The van der Waals surface area contributed by atoms with Crippen LogP contribution in [0.1, 0.15) is 45.4 Å². The molecule has 0 aromatic rings. The second-order valence-electron chi connectivity index (χ2n) is 5.03. The highest BCUT2D eigenvalue weighted by molar-refractivity contribution is 5.77. The van der Waals surface area contributed by atoms with E-state index in [1.54, 1.807) is 7.05 Å². The Bertz CT molecular complexity index is 235. The van der Waals surface area contributed by atoms with Crippen molar-refractivity contribution >= 4 is 5.91 Å². The van der Waals surface area contributed by atoms with E-state index in [-0.39, 0.29) is 11.4 Å². The van der Waals surface area contributed by atoms with Gasteiger partial charge in [0.2, 0.25) is 5.91 Å². The lowest BCUT2D eigenvalue weighted by Crippen LogP contribution is -2.56. The number of rotatable bonds is 5. The average molecular weight is 241 g/mol. The Hall–Kier alpha value is -0.610. The minimum absolute atomic E-state index is 0.0533. The van der Waals surface area contributed by atoms with E-state index >= 15 is 0 Å². The van der Waals surface area contributed by atoms with Crippen molar-refractivity contribution in [1.82, 2.24) is 10.2 Å². The summed E-state index contributed by atoms with van der Waals surface area (Å²) in [5.41, 5.74) is 6.08. The molecule has 1 aliphatic carbocycles. The summed E-state index contributed by atoms with van der Waals surface area (Å²) in [5, 5.41) is 2.70. The lowest BCUT2D eigenvalue weighted by molar-refractivity contribution is -0.123. The van der Waals surface area contributed by atoms with Crippen molar-refractivity contribution < 1.29 is 4.79 Å². The van der Waals surface area contributed by atoms with Crippen molar-refractivity contribution in [1.29, 1.82) is 0 Å². The zero-order valence-corrected chi connectivity index (χ0v) is 11.3. The fraction of sp³-hybridized carbons (Fsp3) is 0.923. The van der Waals surface area contributed by atoms with Crippen LogP contribution in [0.2, 0.25) is 0 Å². The highest BCUT2D eigenvalue weighted by Crippen LogP contribution is 2.31. The molecule has 4 heteroatoms. The summed E-state index contributed by atoms with van der Waals surface area (Å²) in [4.78, 5) is 13.8. The number of amides is 1. The van der Waals surface area contributed by atoms with Crippen LogP contribution in [0.25, 0.3) is 0 Å². The molecule has 0 saturated heterocycles. The van der Waals surface area contributed by atoms with Crippen molar-refractivity contribution in [2.75, 3.05) is 26.7 Å². The molecule has 3 N–H and O–H groups in total. The molecule has 0 bridgehead atoms. The molecule has 0 atom stereocenters. The zero-order chi connectivity index (χ0) is 12.7. The third-order valence-corrected chi connectivity index (χ3v) is 4.08. The van der Waals surface area contributed by atoms with E-state index in [4.69, 9.17) is 5.73 Å². The zero-order valence-electron chi connectivity index (χ0n) is 11.3. The van der Waals surface area contributed by atoms with Gasteiger partial charge in [0, 0.05) is 19.1 Å². The van der Waals surface area contributed by atoms with Crippen LogP contribution in [0.5, 0.6) is 0 Å². The summed E-state index contributed by atoms with van der Waals surface area (Å²) < 4.78 is 0. The van der Waals surface area contributed by atoms with Gasteiger partial charge < -0.3 is 11.1 Å². The minimum Gasteiger partial charge on any atom is -0.358 e. The van der Waals surface area contributed by atoms with Crippen molar-refractivity contribution in [3.63, 3.8) is 0 Å². The third kappa shape index (κ3) is 3.68. The maximum absolute atomic E-state index is 11.6. The van der Waals surface area contributed by atoms with E-state index in [0.29, 0.717) is 13.1 Å². The summed E-state index contributed by atoms with van der Waals surface area (Å²) in [5.74, 6) is 0.0870. The summed E-state index contributed by atoms with van der Waals surface area (Å²) in [6, 6.07) is 0. The highest BCUT2D eigenvalue weighted by Gasteiger charge is 2.35. The molecule has 1 amide bonds. The van der Waals surface area contributed by atoms with E-state index in [1.807, 2.05) is 0 Å². The SMILES string of the molecule is CCN(CC(=O)NC)C1(CN)CCCCCC1. The number of likely N-dealkylation sites (N-methyl/N-ethyl adjacent to an activating group) is 2. The Morgan fingerprint density at radius 2 is 1.88 bits per heavy atom. The summed E-state index contributed by atoms with van der Waals surface area (Å²) in [6.07, 6.45) is 7.35. The van der Waals surface area contributed by atoms with Crippen molar-refractivity contribution in [2.45, 2.75) is 51.0 Å². The van der Waals surface area contributed by atoms with E-state index in [9.17, 15) is 4.79 Å². The molecule has 4 nitrogen and oxygen atoms in total. The van der Waals surface area contributed by atoms with E-state index < -0.39 is 0 Å². The fourth-order valence-corrected chi connectivity index (χ4v) is 2.90. The first-order valence-corrected chi connectivity index (χ1v) is 6.84. The maximum atomic E-state index is 11.6. The summed E-state index contributed by atoms with van der Waals surface area (Å²) >= 11 is 0. The molecular weight excluding hydrogens is 214 g/mol. The van der Waals surface area contributed by atoms with Gasteiger partial charge in [-0.2, -0.15) is 0 Å². The van der Waals surface area contributed by atoms with Gasteiger partial charge in [0.1, 0.15) is 0 Å². The van der Waals surface area contributed by atoms with Gasteiger partial charge in [0.05, 0.1) is 6.54 Å². The second kappa shape index (κ2) is 6.97. The number of nitrogens with two attached hydrogens (primary N) is 1. The quantitative estimate of drug-likeness (QED) is 0.709. The number of hydrogen-bond donors (Lipinski definition) is 2. The maximum Gasteiger partial charge on any atom is 0.233 e. The number of carbonyl (C=O) groups excluding carboxylic acids is 1. The van der Waals surface area contributed by atoms with E-state index in [1.165, 1.54) is 25.7 Å². The normalized spacial score (nSPS) is 20.0. The molecule has 1 aliphatic rings. The first kappa shape index (κ1) is 14.5. The Morgan fingerprint density at radius 3 is 2.29 bits per heavy atom. The summed E-state index contributed by atoms with van der Waals surface area (Å²) in [7, 11) is 1.69. The largest absolute Gasteiger partial charge is 0.358 e. The predicted molar refractivity (Wildman–Crippen MR) is 70.8 cm³/mol. The standard InChI is InChI=1S/C13H27N3O/c1-3-16(10-12(17)15-2)13(11-14)8-6-4-5-7-9-13/h3-11,14H2,1-2H3,(H,15,17). The molecule has 1 fully saturated rings. The minimum atomic E-state index is 0.0533. The summed E-state index contributed by atoms with van der Waals surface area (Å²) in [6.45, 7) is 4.15. The van der Waals surface area contributed by atoms with Crippen LogP contribution in [0.4, 0.5) is 0 Å². The Kier molecular flexibility index (Phi) is 5.92. The van der Waals surface area contributed by atoms with Gasteiger partial charge in [-0.3, -0.25) is 9.69 Å². The molecule has 0 aromatic carbocycles. The topological polar surface area (TPSA) is 58.4 Å². The molecule has 100 valence electrons. The molecule has 1 saturated carbocycles. The van der Waals surface area contributed by atoms with Gasteiger partial charge in [0.15, 0.2) is 0 Å². The Morgan fingerprint density at radius 1 is 1.29 bits per heavy atom.